The van der Waals surface area contributed by atoms with Gasteiger partial charge in [0.05, 0.1) is 7.11 Å². The zero-order valence-electron chi connectivity index (χ0n) is 14.3. The number of amides is 2. The van der Waals surface area contributed by atoms with Crippen molar-refractivity contribution in [2.24, 2.45) is 0 Å². The summed E-state index contributed by atoms with van der Waals surface area (Å²) in [7, 11) is 2.79. The number of esters is 1. The van der Waals surface area contributed by atoms with Gasteiger partial charge in [-0.2, -0.15) is 5.10 Å². The van der Waals surface area contributed by atoms with E-state index in [0.717, 1.165) is 0 Å². The average Bonchev–Trinajstić information content (AvgIpc) is 3.08. The Morgan fingerprint density at radius 1 is 1.35 bits per heavy atom. The Morgan fingerprint density at radius 2 is 2.12 bits per heavy atom. The number of rotatable bonds is 5. The second-order valence-electron chi connectivity index (χ2n) is 5.65. The van der Waals surface area contributed by atoms with Gasteiger partial charge < -0.3 is 20.1 Å². The van der Waals surface area contributed by atoms with Gasteiger partial charge in [0.1, 0.15) is 11.4 Å². The van der Waals surface area contributed by atoms with Crippen LogP contribution in [0.25, 0.3) is 0 Å². The normalized spacial score (nSPS) is 15.6. The number of aromatic nitrogens is 2. The standard InChI is InChI=1S/C17H18N4O5/c1-18-17(24)15-14-10(7-12(22)19-16(14)21-20-15)9-5-3-4-6-11(9)26-8-13(23)25-2/h3-6,10H,7-8H2,1-2H3,(H,18,24)(H2,19,20,21,22). The van der Waals surface area contributed by atoms with E-state index in [2.05, 4.69) is 25.6 Å². The number of benzene rings is 1. The predicted molar refractivity (Wildman–Crippen MR) is 91.0 cm³/mol. The Bertz CT molecular complexity index is 861. The Labute approximate surface area is 149 Å². The van der Waals surface area contributed by atoms with Gasteiger partial charge >= 0.3 is 5.97 Å². The molecule has 0 bridgehead atoms. The Kier molecular flexibility index (Phi) is 4.87. The van der Waals surface area contributed by atoms with Gasteiger partial charge in [0.2, 0.25) is 5.91 Å². The molecule has 1 aromatic carbocycles. The van der Waals surface area contributed by atoms with Crippen LogP contribution in [0.3, 0.4) is 0 Å². The number of ether oxygens (including phenoxy) is 2. The first-order valence-electron chi connectivity index (χ1n) is 7.93. The van der Waals surface area contributed by atoms with Crippen molar-refractivity contribution in [3.63, 3.8) is 0 Å². The van der Waals surface area contributed by atoms with Crippen LogP contribution in [-0.2, 0) is 14.3 Å². The van der Waals surface area contributed by atoms with E-state index in [9.17, 15) is 14.4 Å². The monoisotopic (exact) mass is 358 g/mol. The summed E-state index contributed by atoms with van der Waals surface area (Å²) in [5.41, 5.74) is 1.53. The van der Waals surface area contributed by atoms with Gasteiger partial charge in [-0.05, 0) is 6.07 Å². The summed E-state index contributed by atoms with van der Waals surface area (Å²) in [6, 6.07) is 7.05. The molecular formula is C17H18N4O5. The van der Waals surface area contributed by atoms with E-state index in [0.29, 0.717) is 22.7 Å². The van der Waals surface area contributed by atoms with Gasteiger partial charge in [-0.1, -0.05) is 18.2 Å². The van der Waals surface area contributed by atoms with Crippen LogP contribution in [-0.4, -0.2) is 48.7 Å². The number of methoxy groups -OCH3 is 1. The fourth-order valence-corrected chi connectivity index (χ4v) is 2.91. The number of carbonyl (C=O) groups is 3. The van der Waals surface area contributed by atoms with Crippen LogP contribution >= 0.6 is 0 Å². The van der Waals surface area contributed by atoms with Gasteiger partial charge in [-0.15, -0.1) is 0 Å². The third-order valence-electron chi connectivity index (χ3n) is 4.12. The van der Waals surface area contributed by atoms with Crippen molar-refractivity contribution in [2.75, 3.05) is 26.1 Å². The second kappa shape index (κ2) is 7.26. The number of H-pyrrole nitrogens is 1. The van der Waals surface area contributed by atoms with Gasteiger partial charge in [-0.25, -0.2) is 4.79 Å². The minimum Gasteiger partial charge on any atom is -0.482 e. The van der Waals surface area contributed by atoms with E-state index in [-0.39, 0.29) is 30.5 Å². The van der Waals surface area contributed by atoms with E-state index in [1.165, 1.54) is 14.2 Å². The van der Waals surface area contributed by atoms with Gasteiger partial charge in [0.25, 0.3) is 5.91 Å². The van der Waals surface area contributed by atoms with Crippen LogP contribution in [0.5, 0.6) is 5.75 Å². The number of hydrogen-bond donors (Lipinski definition) is 3. The van der Waals surface area contributed by atoms with Crippen LogP contribution in [0.1, 0.15) is 34.0 Å². The van der Waals surface area contributed by atoms with Crippen LogP contribution < -0.4 is 15.4 Å². The molecule has 9 heteroatoms. The van der Waals surface area contributed by atoms with Crippen molar-refractivity contribution in [2.45, 2.75) is 12.3 Å². The Morgan fingerprint density at radius 3 is 2.85 bits per heavy atom. The topological polar surface area (TPSA) is 122 Å². The maximum Gasteiger partial charge on any atom is 0.343 e. The fourth-order valence-electron chi connectivity index (χ4n) is 2.91. The number of fused-ring (bicyclic) bond motifs is 1. The Balaban J connectivity index is 2.03. The number of hydrogen-bond acceptors (Lipinski definition) is 6. The lowest BCUT2D eigenvalue weighted by Crippen LogP contribution is -2.27. The summed E-state index contributed by atoms with van der Waals surface area (Å²) in [6.07, 6.45) is 0.120. The molecule has 2 heterocycles. The summed E-state index contributed by atoms with van der Waals surface area (Å²) in [5, 5.41) is 11.9. The van der Waals surface area contributed by atoms with E-state index in [4.69, 9.17) is 4.74 Å². The number of aromatic amines is 1. The molecule has 0 aliphatic carbocycles. The van der Waals surface area contributed by atoms with Gasteiger partial charge in [-0.3, -0.25) is 14.7 Å². The van der Waals surface area contributed by atoms with Crippen molar-refractivity contribution in [1.82, 2.24) is 15.5 Å². The molecule has 0 saturated heterocycles. The largest absolute Gasteiger partial charge is 0.482 e. The molecule has 1 aliphatic rings. The molecule has 1 unspecified atom stereocenters. The van der Waals surface area contributed by atoms with Gasteiger partial charge in [0, 0.05) is 30.5 Å². The van der Waals surface area contributed by atoms with Crippen LogP contribution in [0, 0.1) is 0 Å². The van der Waals surface area contributed by atoms with Crippen LogP contribution in [0.2, 0.25) is 0 Å². The molecule has 0 saturated carbocycles. The fraction of sp³-hybridized carbons (Fsp3) is 0.294. The molecule has 2 aromatic rings. The predicted octanol–water partition coefficient (Wildman–Crippen LogP) is 0.795. The summed E-state index contributed by atoms with van der Waals surface area (Å²) in [4.78, 5) is 35.6. The van der Waals surface area contributed by atoms with Crippen LogP contribution in [0.15, 0.2) is 24.3 Å². The smallest absolute Gasteiger partial charge is 0.343 e. The van der Waals surface area contributed by atoms with Crippen molar-refractivity contribution in [3.8, 4) is 5.75 Å². The van der Waals surface area contributed by atoms with Crippen LogP contribution in [0.4, 0.5) is 5.82 Å². The molecule has 3 N–H and O–H groups in total. The number of anilines is 1. The molecular weight excluding hydrogens is 340 g/mol. The third-order valence-corrected chi connectivity index (χ3v) is 4.12. The molecule has 0 fully saturated rings. The highest BCUT2D eigenvalue weighted by Crippen LogP contribution is 2.41. The van der Waals surface area contributed by atoms with E-state index < -0.39 is 11.9 Å². The molecule has 0 spiro atoms. The summed E-state index contributed by atoms with van der Waals surface area (Å²) in [5.74, 6) is -0.775. The first kappa shape index (κ1) is 17.5. The first-order valence-corrected chi connectivity index (χ1v) is 7.93. The lowest BCUT2D eigenvalue weighted by Gasteiger charge is -2.24. The summed E-state index contributed by atoms with van der Waals surface area (Å²) < 4.78 is 10.1. The number of nitrogens with zero attached hydrogens (tertiary/aromatic N) is 1. The van der Waals surface area contributed by atoms with Crippen molar-refractivity contribution < 1.29 is 23.9 Å². The lowest BCUT2D eigenvalue weighted by atomic mass is 9.85. The van der Waals surface area contributed by atoms with E-state index in [1.54, 1.807) is 24.3 Å². The Hall–Kier alpha value is -3.36. The molecule has 1 atom stereocenters. The number of para-hydroxylation sites is 1. The highest BCUT2D eigenvalue weighted by molar-refractivity contribution is 6.00. The van der Waals surface area contributed by atoms with Gasteiger partial charge in [0.15, 0.2) is 12.4 Å². The number of carbonyl (C=O) groups excluding carboxylic acids is 3. The molecule has 1 aromatic heterocycles. The van der Waals surface area contributed by atoms with Crippen molar-refractivity contribution >= 4 is 23.6 Å². The summed E-state index contributed by atoms with van der Waals surface area (Å²) in [6.45, 7) is -0.257. The zero-order valence-corrected chi connectivity index (χ0v) is 14.3. The molecule has 136 valence electrons. The molecule has 9 nitrogen and oxygen atoms in total. The molecule has 26 heavy (non-hydrogen) atoms. The average molecular weight is 358 g/mol. The zero-order chi connectivity index (χ0) is 18.7. The van der Waals surface area contributed by atoms with Crippen molar-refractivity contribution in [3.05, 3.63) is 41.1 Å². The molecule has 0 radical (unpaired) electrons. The first-order chi connectivity index (χ1) is 12.5. The van der Waals surface area contributed by atoms with E-state index >= 15 is 0 Å². The SMILES string of the molecule is CNC(=O)c1[nH]nc2c1C(c1ccccc1OCC(=O)OC)CC(=O)N2. The number of nitrogens with one attached hydrogen (secondary N) is 3. The maximum absolute atomic E-state index is 12.2. The highest BCUT2D eigenvalue weighted by Gasteiger charge is 2.34. The molecule has 2 amide bonds. The second-order valence-corrected chi connectivity index (χ2v) is 5.65. The minimum absolute atomic E-state index is 0.120. The lowest BCUT2D eigenvalue weighted by molar-refractivity contribution is -0.142. The van der Waals surface area contributed by atoms with E-state index in [1.807, 2.05) is 0 Å². The van der Waals surface area contributed by atoms with Crippen molar-refractivity contribution in [1.29, 1.82) is 0 Å². The minimum atomic E-state index is -0.517. The molecule has 3 rings (SSSR count). The molecule has 1 aliphatic heterocycles. The highest BCUT2D eigenvalue weighted by atomic mass is 16.6. The summed E-state index contributed by atoms with van der Waals surface area (Å²) >= 11 is 0. The maximum atomic E-state index is 12.2. The third kappa shape index (κ3) is 3.23. The quantitative estimate of drug-likeness (QED) is 0.680.